The van der Waals surface area contributed by atoms with Gasteiger partial charge in [-0.2, -0.15) is 9.61 Å². The van der Waals surface area contributed by atoms with Gasteiger partial charge in [0.15, 0.2) is 11.5 Å². The molecule has 1 amide bonds. The largest absolute Gasteiger partial charge is 0.326 e. The standard InChI is InChI=1S/C21H23N7O/c1-4-16-6-5-7-17(12-16)23-21(29)11-8-18-14(2)25-28(15(18)3)20-10-9-19-24-22-13-27(19)26-20/h5-7,9-10,12-13H,4,8,11H2,1-3H3,(H,23,29). The Bertz CT molecular complexity index is 1170. The van der Waals surface area contributed by atoms with Gasteiger partial charge >= 0.3 is 0 Å². The van der Waals surface area contributed by atoms with Crippen molar-refractivity contribution in [2.24, 2.45) is 0 Å². The summed E-state index contributed by atoms with van der Waals surface area (Å²) in [7, 11) is 0. The van der Waals surface area contributed by atoms with Gasteiger partial charge < -0.3 is 5.32 Å². The number of fused-ring (bicyclic) bond motifs is 1. The summed E-state index contributed by atoms with van der Waals surface area (Å²) in [5.74, 6) is 0.679. The van der Waals surface area contributed by atoms with E-state index in [1.165, 1.54) is 5.56 Å². The van der Waals surface area contributed by atoms with Crippen LogP contribution in [0, 0.1) is 13.8 Å². The highest BCUT2D eigenvalue weighted by Gasteiger charge is 2.15. The molecule has 148 valence electrons. The molecule has 0 saturated heterocycles. The Morgan fingerprint density at radius 2 is 2.00 bits per heavy atom. The van der Waals surface area contributed by atoms with Crippen molar-refractivity contribution in [2.45, 2.75) is 40.0 Å². The molecular weight excluding hydrogens is 366 g/mol. The minimum Gasteiger partial charge on any atom is -0.326 e. The van der Waals surface area contributed by atoms with Crippen molar-refractivity contribution in [2.75, 3.05) is 5.32 Å². The third-order valence-corrected chi connectivity index (χ3v) is 5.03. The topological polar surface area (TPSA) is 90.0 Å². The second-order valence-electron chi connectivity index (χ2n) is 6.99. The smallest absolute Gasteiger partial charge is 0.224 e. The first-order valence-electron chi connectivity index (χ1n) is 9.66. The number of aryl methyl sites for hydroxylation is 2. The number of hydrogen-bond donors (Lipinski definition) is 1. The molecule has 3 aromatic heterocycles. The van der Waals surface area contributed by atoms with Crippen LogP contribution >= 0.6 is 0 Å². The summed E-state index contributed by atoms with van der Waals surface area (Å²) >= 11 is 0. The van der Waals surface area contributed by atoms with E-state index in [0.29, 0.717) is 24.3 Å². The van der Waals surface area contributed by atoms with E-state index in [0.717, 1.165) is 29.1 Å². The monoisotopic (exact) mass is 389 g/mol. The molecular formula is C21H23N7O. The molecule has 29 heavy (non-hydrogen) atoms. The molecule has 3 heterocycles. The molecule has 0 unspecified atom stereocenters. The molecule has 0 atom stereocenters. The molecule has 0 saturated carbocycles. The lowest BCUT2D eigenvalue weighted by Crippen LogP contribution is -2.13. The summed E-state index contributed by atoms with van der Waals surface area (Å²) in [4.78, 5) is 12.4. The zero-order chi connectivity index (χ0) is 20.4. The predicted molar refractivity (Wildman–Crippen MR) is 110 cm³/mol. The van der Waals surface area contributed by atoms with E-state index in [-0.39, 0.29) is 5.91 Å². The van der Waals surface area contributed by atoms with E-state index >= 15 is 0 Å². The third-order valence-electron chi connectivity index (χ3n) is 5.03. The van der Waals surface area contributed by atoms with Gasteiger partial charge in [0.25, 0.3) is 0 Å². The Morgan fingerprint density at radius 1 is 1.14 bits per heavy atom. The molecule has 1 N–H and O–H groups in total. The van der Waals surface area contributed by atoms with Crippen LogP contribution in [0.2, 0.25) is 0 Å². The van der Waals surface area contributed by atoms with E-state index in [2.05, 4.69) is 38.7 Å². The van der Waals surface area contributed by atoms with Crippen molar-refractivity contribution < 1.29 is 4.79 Å². The Balaban J connectivity index is 1.48. The molecule has 8 heteroatoms. The number of amides is 1. The van der Waals surface area contributed by atoms with Crippen LogP contribution in [0.15, 0.2) is 42.7 Å². The quantitative estimate of drug-likeness (QED) is 0.547. The first-order valence-corrected chi connectivity index (χ1v) is 9.66. The van der Waals surface area contributed by atoms with Crippen molar-refractivity contribution in [3.05, 3.63) is 65.2 Å². The number of hydrogen-bond acceptors (Lipinski definition) is 5. The zero-order valence-electron chi connectivity index (χ0n) is 16.8. The molecule has 4 rings (SSSR count). The second-order valence-corrected chi connectivity index (χ2v) is 6.99. The number of benzene rings is 1. The Labute approximate surface area is 168 Å². The number of carbonyl (C=O) groups is 1. The number of anilines is 1. The minimum absolute atomic E-state index is 0.00571. The Kier molecular flexibility index (Phi) is 5.07. The lowest BCUT2D eigenvalue weighted by molar-refractivity contribution is -0.116. The summed E-state index contributed by atoms with van der Waals surface area (Å²) in [6.07, 6.45) is 3.51. The second kappa shape index (κ2) is 7.83. The highest BCUT2D eigenvalue weighted by atomic mass is 16.1. The van der Waals surface area contributed by atoms with E-state index < -0.39 is 0 Å². The fourth-order valence-corrected chi connectivity index (χ4v) is 3.42. The number of nitrogens with one attached hydrogen (secondary N) is 1. The third kappa shape index (κ3) is 3.87. The van der Waals surface area contributed by atoms with Crippen LogP contribution in [-0.2, 0) is 17.6 Å². The summed E-state index contributed by atoms with van der Waals surface area (Å²) in [5.41, 5.74) is 5.66. The molecule has 0 bridgehead atoms. The van der Waals surface area contributed by atoms with Gasteiger partial charge in [-0.1, -0.05) is 19.1 Å². The highest BCUT2D eigenvalue weighted by molar-refractivity contribution is 5.90. The summed E-state index contributed by atoms with van der Waals surface area (Å²) in [6.45, 7) is 6.05. The Hall–Kier alpha value is -3.55. The maximum absolute atomic E-state index is 12.4. The van der Waals surface area contributed by atoms with Gasteiger partial charge in [0.1, 0.15) is 6.33 Å². The first-order chi connectivity index (χ1) is 14.0. The van der Waals surface area contributed by atoms with Gasteiger partial charge in [-0.25, -0.2) is 4.68 Å². The molecule has 0 radical (unpaired) electrons. The van der Waals surface area contributed by atoms with Crippen LogP contribution in [0.25, 0.3) is 11.5 Å². The fraction of sp³-hybridized carbons (Fsp3) is 0.286. The van der Waals surface area contributed by atoms with Crippen LogP contribution < -0.4 is 5.32 Å². The average molecular weight is 389 g/mol. The molecule has 1 aromatic carbocycles. The number of carbonyl (C=O) groups excluding carboxylic acids is 1. The van der Waals surface area contributed by atoms with Gasteiger partial charge in [-0.3, -0.25) is 4.79 Å². The SMILES string of the molecule is CCc1cccc(NC(=O)CCc2c(C)nn(-c3ccc4nncn4n3)c2C)c1. The van der Waals surface area contributed by atoms with Crippen molar-refractivity contribution in [1.82, 2.24) is 29.6 Å². The van der Waals surface area contributed by atoms with Crippen LogP contribution in [0.1, 0.15) is 35.9 Å². The lowest BCUT2D eigenvalue weighted by Gasteiger charge is -2.07. The van der Waals surface area contributed by atoms with Crippen molar-refractivity contribution in [1.29, 1.82) is 0 Å². The van der Waals surface area contributed by atoms with Crippen LogP contribution in [-0.4, -0.2) is 35.5 Å². The first kappa shape index (κ1) is 18.8. The van der Waals surface area contributed by atoms with E-state index in [1.807, 2.05) is 44.2 Å². The summed E-state index contributed by atoms with van der Waals surface area (Å²) in [5, 5.41) is 19.9. The van der Waals surface area contributed by atoms with E-state index in [1.54, 1.807) is 15.5 Å². The molecule has 0 spiro atoms. The zero-order valence-corrected chi connectivity index (χ0v) is 16.8. The fourth-order valence-electron chi connectivity index (χ4n) is 3.42. The molecule has 0 aliphatic rings. The van der Waals surface area contributed by atoms with Crippen LogP contribution in [0.5, 0.6) is 0 Å². The molecule has 4 aromatic rings. The van der Waals surface area contributed by atoms with E-state index in [9.17, 15) is 4.79 Å². The maximum Gasteiger partial charge on any atom is 0.224 e. The van der Waals surface area contributed by atoms with Gasteiger partial charge in [-0.15, -0.1) is 15.3 Å². The van der Waals surface area contributed by atoms with Crippen LogP contribution in [0.3, 0.4) is 0 Å². The predicted octanol–water partition coefficient (Wildman–Crippen LogP) is 3.06. The number of rotatable bonds is 6. The minimum atomic E-state index is -0.00571. The van der Waals surface area contributed by atoms with Gasteiger partial charge in [0.05, 0.1) is 5.69 Å². The van der Waals surface area contributed by atoms with Gasteiger partial charge in [0, 0.05) is 17.8 Å². The van der Waals surface area contributed by atoms with Crippen molar-refractivity contribution in [3.63, 3.8) is 0 Å². The normalized spacial score (nSPS) is 11.1. The molecule has 0 fully saturated rings. The van der Waals surface area contributed by atoms with Crippen LogP contribution in [0.4, 0.5) is 5.69 Å². The van der Waals surface area contributed by atoms with Crippen molar-refractivity contribution >= 4 is 17.2 Å². The highest BCUT2D eigenvalue weighted by Crippen LogP contribution is 2.19. The Morgan fingerprint density at radius 3 is 2.83 bits per heavy atom. The average Bonchev–Trinajstić information content (AvgIpc) is 3.30. The van der Waals surface area contributed by atoms with Crippen molar-refractivity contribution in [3.8, 4) is 5.82 Å². The number of aromatic nitrogens is 6. The number of nitrogens with zero attached hydrogens (tertiary/aromatic N) is 6. The van der Waals surface area contributed by atoms with Gasteiger partial charge in [0.2, 0.25) is 5.91 Å². The van der Waals surface area contributed by atoms with Gasteiger partial charge in [-0.05, 0) is 62.1 Å². The summed E-state index contributed by atoms with van der Waals surface area (Å²) in [6, 6.07) is 11.7. The summed E-state index contributed by atoms with van der Waals surface area (Å²) < 4.78 is 3.41. The van der Waals surface area contributed by atoms with E-state index in [4.69, 9.17) is 0 Å². The molecule has 8 nitrogen and oxygen atoms in total. The molecule has 0 aliphatic heterocycles. The molecule has 0 aliphatic carbocycles. The lowest BCUT2D eigenvalue weighted by atomic mass is 10.1. The maximum atomic E-state index is 12.4.